The Hall–Kier alpha value is -2.32. The molecule has 5 heteroatoms. The Balaban J connectivity index is 1.98. The molecule has 0 bridgehead atoms. The average Bonchev–Trinajstić information content (AvgIpc) is 2.50. The molecule has 1 N–H and O–H groups in total. The first-order valence-corrected chi connectivity index (χ1v) is 7.83. The van der Waals surface area contributed by atoms with Crippen molar-refractivity contribution in [3.05, 3.63) is 47.2 Å². The molecular weight excluding hydrogens is 290 g/mol. The van der Waals surface area contributed by atoms with Crippen molar-refractivity contribution in [3.63, 3.8) is 0 Å². The normalized spacial score (nSPS) is 21.7. The lowest BCUT2D eigenvalue weighted by Crippen LogP contribution is -2.48. The molecule has 5 nitrogen and oxygen atoms in total. The molecule has 0 aromatic heterocycles. The summed E-state index contributed by atoms with van der Waals surface area (Å²) in [6.07, 6.45) is 1.49. The van der Waals surface area contributed by atoms with E-state index in [1.54, 1.807) is 4.90 Å². The first-order chi connectivity index (χ1) is 11.0. The Morgan fingerprint density at radius 2 is 2.13 bits per heavy atom. The van der Waals surface area contributed by atoms with Crippen LogP contribution < -0.4 is 5.32 Å². The van der Waals surface area contributed by atoms with Gasteiger partial charge in [0.2, 0.25) is 0 Å². The molecule has 1 heterocycles. The SMILES string of the molecule is Cc1cccc(CN/C=C(/C#N)C(=O)N2CC(C)OC(C)C2)c1. The number of morpholine rings is 1. The Kier molecular flexibility index (Phi) is 5.78. The Labute approximate surface area is 137 Å². The molecule has 2 unspecified atom stereocenters. The largest absolute Gasteiger partial charge is 0.386 e. The summed E-state index contributed by atoms with van der Waals surface area (Å²) in [6.45, 7) is 7.50. The third-order valence-corrected chi connectivity index (χ3v) is 3.69. The van der Waals surface area contributed by atoms with Gasteiger partial charge in [-0.15, -0.1) is 0 Å². The number of amides is 1. The topological polar surface area (TPSA) is 65.4 Å². The maximum Gasteiger partial charge on any atom is 0.266 e. The van der Waals surface area contributed by atoms with E-state index in [2.05, 4.69) is 11.4 Å². The monoisotopic (exact) mass is 313 g/mol. The van der Waals surface area contributed by atoms with Crippen LogP contribution in [-0.4, -0.2) is 36.1 Å². The van der Waals surface area contributed by atoms with Crippen LogP contribution in [0.5, 0.6) is 0 Å². The summed E-state index contributed by atoms with van der Waals surface area (Å²) < 4.78 is 5.62. The Bertz CT molecular complexity index is 623. The van der Waals surface area contributed by atoms with E-state index in [0.29, 0.717) is 19.6 Å². The summed E-state index contributed by atoms with van der Waals surface area (Å²) in [5, 5.41) is 12.3. The molecule has 1 aromatic rings. The van der Waals surface area contributed by atoms with Gasteiger partial charge in [0.1, 0.15) is 11.6 Å². The molecule has 0 aliphatic carbocycles. The minimum atomic E-state index is -0.244. The van der Waals surface area contributed by atoms with Crippen molar-refractivity contribution >= 4 is 5.91 Å². The van der Waals surface area contributed by atoms with Gasteiger partial charge in [-0.2, -0.15) is 5.26 Å². The van der Waals surface area contributed by atoms with Gasteiger partial charge in [-0.25, -0.2) is 0 Å². The number of ether oxygens (including phenoxy) is 1. The third-order valence-electron chi connectivity index (χ3n) is 3.69. The highest BCUT2D eigenvalue weighted by Crippen LogP contribution is 2.13. The molecule has 0 radical (unpaired) electrons. The molecule has 1 saturated heterocycles. The zero-order valence-corrected chi connectivity index (χ0v) is 13.9. The summed E-state index contributed by atoms with van der Waals surface area (Å²) in [7, 11) is 0. The van der Waals surface area contributed by atoms with Crippen LogP contribution in [0.4, 0.5) is 0 Å². The van der Waals surface area contributed by atoms with Crippen molar-refractivity contribution in [1.29, 1.82) is 5.26 Å². The highest BCUT2D eigenvalue weighted by molar-refractivity contribution is 5.97. The van der Waals surface area contributed by atoms with Crippen molar-refractivity contribution in [3.8, 4) is 6.07 Å². The summed E-state index contributed by atoms with van der Waals surface area (Å²) in [5.41, 5.74) is 2.42. The number of nitrogens with zero attached hydrogens (tertiary/aromatic N) is 2. The van der Waals surface area contributed by atoms with Crippen LogP contribution in [0, 0.1) is 18.3 Å². The second kappa shape index (κ2) is 7.80. The number of nitrogens with one attached hydrogen (secondary N) is 1. The van der Waals surface area contributed by atoms with Gasteiger partial charge in [-0.05, 0) is 26.3 Å². The van der Waals surface area contributed by atoms with Crippen molar-refractivity contribution in [1.82, 2.24) is 10.2 Å². The predicted octanol–water partition coefficient (Wildman–Crippen LogP) is 2.13. The number of hydrogen-bond donors (Lipinski definition) is 1. The van der Waals surface area contributed by atoms with Crippen molar-refractivity contribution < 1.29 is 9.53 Å². The molecule has 1 fully saturated rings. The smallest absolute Gasteiger partial charge is 0.266 e. The number of carbonyl (C=O) groups is 1. The molecule has 1 aliphatic heterocycles. The van der Waals surface area contributed by atoms with Crippen LogP contribution in [0.15, 0.2) is 36.0 Å². The molecule has 1 aromatic carbocycles. The van der Waals surface area contributed by atoms with Gasteiger partial charge in [0.05, 0.1) is 12.2 Å². The molecule has 2 atom stereocenters. The van der Waals surface area contributed by atoms with Gasteiger partial charge < -0.3 is 15.0 Å². The lowest BCUT2D eigenvalue weighted by molar-refractivity contribution is -0.138. The molecule has 0 spiro atoms. The fourth-order valence-electron chi connectivity index (χ4n) is 2.75. The van der Waals surface area contributed by atoms with Crippen LogP contribution in [0.25, 0.3) is 0 Å². The third kappa shape index (κ3) is 4.83. The highest BCUT2D eigenvalue weighted by atomic mass is 16.5. The van der Waals surface area contributed by atoms with E-state index in [4.69, 9.17) is 4.74 Å². The zero-order valence-electron chi connectivity index (χ0n) is 13.9. The average molecular weight is 313 g/mol. The van der Waals surface area contributed by atoms with Gasteiger partial charge in [0.15, 0.2) is 0 Å². The quantitative estimate of drug-likeness (QED) is 0.683. The molecule has 0 saturated carbocycles. The number of aryl methyl sites for hydroxylation is 1. The number of nitriles is 1. The lowest BCUT2D eigenvalue weighted by Gasteiger charge is -2.35. The van der Waals surface area contributed by atoms with Crippen LogP contribution in [0.1, 0.15) is 25.0 Å². The maximum atomic E-state index is 12.5. The summed E-state index contributed by atoms with van der Waals surface area (Å²) in [4.78, 5) is 14.1. The lowest BCUT2D eigenvalue weighted by atomic mass is 10.1. The Morgan fingerprint density at radius 3 is 2.74 bits per heavy atom. The molecule has 23 heavy (non-hydrogen) atoms. The van der Waals surface area contributed by atoms with Crippen molar-refractivity contribution in [2.75, 3.05) is 13.1 Å². The van der Waals surface area contributed by atoms with Gasteiger partial charge in [-0.3, -0.25) is 4.79 Å². The fraction of sp³-hybridized carbons (Fsp3) is 0.444. The van der Waals surface area contributed by atoms with E-state index in [1.807, 2.05) is 45.0 Å². The van der Waals surface area contributed by atoms with Crippen molar-refractivity contribution in [2.45, 2.75) is 39.5 Å². The molecule has 122 valence electrons. The van der Waals surface area contributed by atoms with E-state index in [9.17, 15) is 10.1 Å². The van der Waals surface area contributed by atoms with E-state index in [1.165, 1.54) is 11.8 Å². The van der Waals surface area contributed by atoms with Crippen LogP contribution in [0.2, 0.25) is 0 Å². The number of carbonyl (C=O) groups excluding carboxylic acids is 1. The van der Waals surface area contributed by atoms with Gasteiger partial charge >= 0.3 is 0 Å². The summed E-state index contributed by atoms with van der Waals surface area (Å²) >= 11 is 0. The fourth-order valence-corrected chi connectivity index (χ4v) is 2.75. The van der Waals surface area contributed by atoms with Crippen LogP contribution >= 0.6 is 0 Å². The first kappa shape index (κ1) is 17.0. The number of hydrogen-bond acceptors (Lipinski definition) is 4. The minimum absolute atomic E-state index is 0.0112. The van der Waals surface area contributed by atoms with Gasteiger partial charge in [0, 0.05) is 25.8 Å². The minimum Gasteiger partial charge on any atom is -0.386 e. The van der Waals surface area contributed by atoms with E-state index >= 15 is 0 Å². The predicted molar refractivity (Wildman–Crippen MR) is 88.3 cm³/mol. The van der Waals surface area contributed by atoms with Crippen LogP contribution in [0.3, 0.4) is 0 Å². The highest BCUT2D eigenvalue weighted by Gasteiger charge is 2.27. The van der Waals surface area contributed by atoms with E-state index in [-0.39, 0.29) is 23.7 Å². The molecular formula is C18H23N3O2. The van der Waals surface area contributed by atoms with Crippen molar-refractivity contribution in [2.24, 2.45) is 0 Å². The van der Waals surface area contributed by atoms with E-state index < -0.39 is 0 Å². The van der Waals surface area contributed by atoms with E-state index in [0.717, 1.165) is 5.56 Å². The maximum absolute atomic E-state index is 12.5. The second-order valence-corrected chi connectivity index (χ2v) is 6.01. The number of benzene rings is 1. The second-order valence-electron chi connectivity index (χ2n) is 6.01. The molecule has 1 aliphatic rings. The van der Waals surface area contributed by atoms with Crippen LogP contribution in [-0.2, 0) is 16.1 Å². The summed E-state index contributed by atoms with van der Waals surface area (Å²) in [6, 6.07) is 10.1. The Morgan fingerprint density at radius 1 is 1.43 bits per heavy atom. The number of rotatable bonds is 4. The standard InChI is InChI=1S/C18H23N3O2/c1-13-5-4-6-16(7-13)9-20-10-17(8-19)18(22)21-11-14(2)23-15(3)12-21/h4-7,10,14-15,20H,9,11-12H2,1-3H3/b17-10-. The molecule has 2 rings (SSSR count). The first-order valence-electron chi connectivity index (χ1n) is 7.83. The summed E-state index contributed by atoms with van der Waals surface area (Å²) in [5.74, 6) is -0.244. The zero-order chi connectivity index (χ0) is 16.8. The van der Waals surface area contributed by atoms with Gasteiger partial charge in [0.25, 0.3) is 5.91 Å². The van der Waals surface area contributed by atoms with Gasteiger partial charge in [-0.1, -0.05) is 29.8 Å². The molecule has 1 amide bonds.